The van der Waals surface area contributed by atoms with Gasteiger partial charge in [0, 0.05) is 27.1 Å². The lowest BCUT2D eigenvalue weighted by Gasteiger charge is -2.14. The minimum Gasteiger partial charge on any atom is -0.489 e. The van der Waals surface area contributed by atoms with Crippen molar-refractivity contribution in [2.75, 3.05) is 17.7 Å². The monoisotopic (exact) mass is 781 g/mol. The number of hydrogen-bond acceptors (Lipinski definition) is 8. The maximum absolute atomic E-state index is 13.8. The average molecular weight is 782 g/mol. The summed E-state index contributed by atoms with van der Waals surface area (Å²) < 4.78 is 11.0. The number of methoxy groups -OCH3 is 1. The van der Waals surface area contributed by atoms with E-state index in [1.54, 1.807) is 85.8 Å². The largest absolute Gasteiger partial charge is 0.489 e. The summed E-state index contributed by atoms with van der Waals surface area (Å²) in [5.41, 5.74) is 5.52. The van der Waals surface area contributed by atoms with E-state index < -0.39 is 23.0 Å². The van der Waals surface area contributed by atoms with Crippen molar-refractivity contribution in [2.24, 2.45) is 0 Å². The first kappa shape index (κ1) is 39.3. The van der Waals surface area contributed by atoms with Gasteiger partial charge in [-0.3, -0.25) is 14.4 Å². The summed E-state index contributed by atoms with van der Waals surface area (Å²) in [5.74, 6) is -1.17. The highest BCUT2D eigenvalue weighted by atomic mass is 32.2. The Bertz CT molecular complexity index is 2340. The van der Waals surface area contributed by atoms with E-state index in [0.717, 1.165) is 21.6 Å². The van der Waals surface area contributed by atoms with Crippen LogP contribution in [0.4, 0.5) is 10.7 Å². The molecule has 0 bridgehead atoms. The Morgan fingerprint density at radius 3 is 2.20 bits per heavy atom. The maximum Gasteiger partial charge on any atom is 0.341 e. The number of carbonyl (C=O) groups is 4. The number of esters is 1. The number of anilines is 2. The summed E-state index contributed by atoms with van der Waals surface area (Å²) in [7, 11) is 1.31. The third-order valence-corrected chi connectivity index (χ3v) is 10.5. The Morgan fingerprint density at radius 2 is 1.50 bits per heavy atom. The molecule has 0 spiro atoms. The fourth-order valence-corrected chi connectivity index (χ4v) is 7.41. The maximum atomic E-state index is 13.8. The summed E-state index contributed by atoms with van der Waals surface area (Å²) >= 11 is 2.55. The fourth-order valence-electron chi connectivity index (χ4n) is 5.53. The zero-order valence-electron chi connectivity index (χ0n) is 30.9. The van der Waals surface area contributed by atoms with Gasteiger partial charge in [-0.05, 0) is 79.1 Å². The van der Waals surface area contributed by atoms with Crippen molar-refractivity contribution >= 4 is 63.6 Å². The van der Waals surface area contributed by atoms with Crippen LogP contribution in [0.5, 0.6) is 5.75 Å². The van der Waals surface area contributed by atoms with Crippen LogP contribution < -0.4 is 20.7 Å². The first-order valence-corrected chi connectivity index (χ1v) is 19.4. The predicted molar refractivity (Wildman–Crippen MR) is 224 cm³/mol. The van der Waals surface area contributed by atoms with Crippen LogP contribution in [0.1, 0.15) is 44.3 Å². The van der Waals surface area contributed by atoms with E-state index in [4.69, 9.17) is 9.47 Å². The van der Waals surface area contributed by atoms with Crippen LogP contribution in [0.3, 0.4) is 0 Å². The van der Waals surface area contributed by atoms with Crippen molar-refractivity contribution < 1.29 is 28.7 Å². The lowest BCUT2D eigenvalue weighted by Crippen LogP contribution is -2.30. The van der Waals surface area contributed by atoms with Gasteiger partial charge in [-0.15, -0.1) is 23.1 Å². The van der Waals surface area contributed by atoms with Gasteiger partial charge in [-0.25, -0.2) is 4.79 Å². The summed E-state index contributed by atoms with van der Waals surface area (Å²) in [6, 6.07) is 40.5. The molecule has 56 heavy (non-hydrogen) atoms. The van der Waals surface area contributed by atoms with Crippen molar-refractivity contribution in [3.05, 3.63) is 172 Å². The quantitative estimate of drug-likeness (QED) is 0.0572. The summed E-state index contributed by atoms with van der Waals surface area (Å²) in [6.07, 6.45) is 1.60. The summed E-state index contributed by atoms with van der Waals surface area (Å²) in [5, 5.41) is 10.2. The number of amides is 3. The molecule has 6 rings (SSSR count). The Labute approximate surface area is 333 Å². The topological polar surface area (TPSA) is 123 Å². The number of benzene rings is 5. The van der Waals surface area contributed by atoms with E-state index >= 15 is 0 Å². The van der Waals surface area contributed by atoms with Crippen LogP contribution in [-0.4, -0.2) is 36.1 Å². The van der Waals surface area contributed by atoms with E-state index in [-0.39, 0.29) is 11.6 Å². The van der Waals surface area contributed by atoms with Gasteiger partial charge in [-0.2, -0.15) is 0 Å². The van der Waals surface area contributed by atoms with Crippen LogP contribution in [0.25, 0.3) is 17.2 Å². The molecular weight excluding hydrogens is 743 g/mol. The molecule has 5 aromatic carbocycles. The minimum atomic E-state index is -0.573. The molecule has 0 aliphatic heterocycles. The molecule has 1 atom stereocenters. The summed E-state index contributed by atoms with van der Waals surface area (Å²) in [4.78, 5) is 54.0. The molecule has 3 amide bonds. The third kappa shape index (κ3) is 10.4. The van der Waals surface area contributed by atoms with Crippen molar-refractivity contribution in [3.8, 4) is 16.9 Å². The van der Waals surface area contributed by atoms with Gasteiger partial charge in [0.1, 0.15) is 28.6 Å². The number of carbonyl (C=O) groups excluding carboxylic acids is 4. The third-order valence-electron chi connectivity index (χ3n) is 8.52. The molecule has 0 aliphatic carbocycles. The Hall–Kier alpha value is -6.43. The van der Waals surface area contributed by atoms with Gasteiger partial charge >= 0.3 is 5.97 Å². The SMILES string of the molecule is COC(=O)c1c(-c2ccc(C)cc2)csc1NC(=O)C(C)Sc1cccc(NC(=O)/C(=C/c2ccc(OCc3ccccc3)cc2)NC(=O)c2ccccc2)c1. The zero-order valence-corrected chi connectivity index (χ0v) is 32.5. The number of thioether (sulfide) groups is 1. The van der Waals surface area contributed by atoms with E-state index in [0.29, 0.717) is 45.3 Å². The van der Waals surface area contributed by atoms with Crippen molar-refractivity contribution in [1.82, 2.24) is 5.32 Å². The van der Waals surface area contributed by atoms with Gasteiger partial charge in [0.05, 0.1) is 12.4 Å². The molecule has 3 N–H and O–H groups in total. The van der Waals surface area contributed by atoms with E-state index in [1.165, 1.54) is 30.2 Å². The molecule has 0 aliphatic rings. The summed E-state index contributed by atoms with van der Waals surface area (Å²) in [6.45, 7) is 4.16. The predicted octanol–water partition coefficient (Wildman–Crippen LogP) is 9.62. The molecule has 282 valence electrons. The standard InChI is InChI=1S/C45H39N3O6S2/c1-29-17-21-33(22-18-29)38-28-55-44(40(38)45(52)53-3)48-41(49)30(2)56-37-16-10-15-35(26-37)46-43(51)39(47-42(50)34-13-8-5-9-14-34)25-31-19-23-36(24-20-31)54-27-32-11-6-4-7-12-32/h4-26,28,30H,27H2,1-3H3,(H,46,51)(H,47,50)(H,48,49)/b39-25-. The van der Waals surface area contributed by atoms with Crippen LogP contribution in [0, 0.1) is 6.92 Å². The molecule has 0 saturated heterocycles. The number of ether oxygens (including phenoxy) is 2. The highest BCUT2D eigenvalue weighted by Crippen LogP contribution is 2.37. The Kier molecular flexibility index (Phi) is 13.1. The number of aryl methyl sites for hydroxylation is 1. The number of hydrogen-bond donors (Lipinski definition) is 3. The van der Waals surface area contributed by atoms with Crippen LogP contribution in [0.15, 0.2) is 149 Å². The van der Waals surface area contributed by atoms with Crippen molar-refractivity contribution in [3.63, 3.8) is 0 Å². The van der Waals surface area contributed by atoms with Crippen LogP contribution in [0.2, 0.25) is 0 Å². The number of nitrogens with one attached hydrogen (secondary N) is 3. The number of thiophene rings is 1. The molecular formula is C45H39N3O6S2. The molecule has 1 aromatic heterocycles. The van der Waals surface area contributed by atoms with Crippen molar-refractivity contribution in [1.29, 1.82) is 0 Å². The first-order chi connectivity index (χ1) is 27.2. The first-order valence-electron chi connectivity index (χ1n) is 17.7. The van der Waals surface area contributed by atoms with E-state index in [9.17, 15) is 19.2 Å². The molecule has 0 fully saturated rings. The van der Waals surface area contributed by atoms with Crippen LogP contribution in [-0.2, 0) is 20.9 Å². The van der Waals surface area contributed by atoms with Gasteiger partial charge in [-0.1, -0.05) is 96.6 Å². The van der Waals surface area contributed by atoms with Gasteiger partial charge in [0.15, 0.2) is 0 Å². The molecule has 1 heterocycles. The highest BCUT2D eigenvalue weighted by Gasteiger charge is 2.24. The van der Waals surface area contributed by atoms with Crippen LogP contribution >= 0.6 is 23.1 Å². The Balaban J connectivity index is 1.14. The van der Waals surface area contributed by atoms with Gasteiger partial charge in [0.25, 0.3) is 11.8 Å². The lowest BCUT2D eigenvalue weighted by molar-refractivity contribution is -0.115. The van der Waals surface area contributed by atoms with E-state index in [1.807, 2.05) is 73.0 Å². The molecule has 0 radical (unpaired) electrons. The second-order valence-corrected chi connectivity index (χ2v) is 15.0. The molecule has 11 heteroatoms. The second-order valence-electron chi connectivity index (χ2n) is 12.7. The average Bonchev–Trinajstić information content (AvgIpc) is 3.64. The lowest BCUT2D eigenvalue weighted by atomic mass is 10.0. The molecule has 6 aromatic rings. The second kappa shape index (κ2) is 18.7. The smallest absolute Gasteiger partial charge is 0.341 e. The molecule has 0 saturated carbocycles. The van der Waals surface area contributed by atoms with Gasteiger partial charge in [0.2, 0.25) is 5.91 Å². The molecule has 1 unspecified atom stereocenters. The van der Waals surface area contributed by atoms with Gasteiger partial charge < -0.3 is 25.4 Å². The normalized spacial score (nSPS) is 11.6. The molecule has 9 nitrogen and oxygen atoms in total. The fraction of sp³-hybridized carbons (Fsp3) is 0.111. The zero-order chi connectivity index (χ0) is 39.4. The number of rotatable bonds is 14. The Morgan fingerprint density at radius 1 is 0.804 bits per heavy atom. The van der Waals surface area contributed by atoms with Crippen molar-refractivity contribution in [2.45, 2.75) is 30.6 Å². The minimum absolute atomic E-state index is 0.0324. The highest BCUT2D eigenvalue weighted by molar-refractivity contribution is 8.00. The van der Waals surface area contributed by atoms with E-state index in [2.05, 4.69) is 16.0 Å².